The summed E-state index contributed by atoms with van der Waals surface area (Å²) in [6.07, 6.45) is 6.48. The smallest absolute Gasteiger partial charge is 0.254 e. The number of piperazine rings is 1. The lowest BCUT2D eigenvalue weighted by molar-refractivity contribution is -0.196. The Morgan fingerprint density at radius 1 is 0.914 bits per heavy atom. The van der Waals surface area contributed by atoms with Crippen molar-refractivity contribution in [2.75, 3.05) is 50.8 Å². The summed E-state index contributed by atoms with van der Waals surface area (Å²) in [6, 6.07) is 16.2. The number of carbonyl (C=O) groups is 4. The first kappa shape index (κ1) is 41.4. The van der Waals surface area contributed by atoms with E-state index in [0.29, 0.717) is 66.3 Å². The molecule has 58 heavy (non-hydrogen) atoms. The van der Waals surface area contributed by atoms with Crippen molar-refractivity contribution in [1.29, 1.82) is 5.26 Å². The summed E-state index contributed by atoms with van der Waals surface area (Å²) in [7, 11) is 0. The number of hydrogen-bond donors (Lipinski definition) is 0. The van der Waals surface area contributed by atoms with Gasteiger partial charge in [-0.1, -0.05) is 39.3 Å². The largest absolute Gasteiger partial charge is 0.494 e. The van der Waals surface area contributed by atoms with E-state index in [0.717, 1.165) is 69.1 Å². The number of amides is 1. The molecule has 1 unspecified atom stereocenters. The number of unbranched alkanes of at least 4 members (excludes halogenated alkanes) is 2. The van der Waals surface area contributed by atoms with Crippen LogP contribution < -0.4 is 14.4 Å². The van der Waals surface area contributed by atoms with Gasteiger partial charge in [0.05, 0.1) is 29.7 Å². The highest BCUT2D eigenvalue weighted by Gasteiger charge is 2.63. The highest BCUT2D eigenvalue weighted by molar-refractivity contribution is 6.31. The second kappa shape index (κ2) is 17.2. The van der Waals surface area contributed by atoms with Crippen LogP contribution in [0.5, 0.6) is 11.5 Å². The minimum Gasteiger partial charge on any atom is -0.494 e. The zero-order valence-electron chi connectivity index (χ0n) is 34.1. The van der Waals surface area contributed by atoms with Crippen LogP contribution in [0, 0.1) is 28.1 Å². The van der Waals surface area contributed by atoms with Gasteiger partial charge in [-0.3, -0.25) is 24.1 Å². The fourth-order valence-electron chi connectivity index (χ4n) is 9.92. The van der Waals surface area contributed by atoms with E-state index >= 15 is 0 Å². The van der Waals surface area contributed by atoms with Gasteiger partial charge in [0, 0.05) is 79.8 Å². The Morgan fingerprint density at radius 2 is 1.67 bits per heavy atom. The Morgan fingerprint density at radius 3 is 2.36 bits per heavy atom. The van der Waals surface area contributed by atoms with Crippen molar-refractivity contribution >= 4 is 40.7 Å². The molecule has 1 amide bonds. The van der Waals surface area contributed by atoms with Crippen LogP contribution in [0.3, 0.4) is 0 Å². The molecule has 0 radical (unpaired) electrons. The monoisotopic (exact) mass is 807 g/mol. The van der Waals surface area contributed by atoms with E-state index in [1.807, 2.05) is 30.3 Å². The number of ketones is 3. The Balaban J connectivity index is 0.796. The Kier molecular flexibility index (Phi) is 12.3. The van der Waals surface area contributed by atoms with Crippen LogP contribution in [0.4, 0.5) is 5.82 Å². The lowest BCUT2D eigenvalue weighted by Crippen LogP contribution is -2.66. The number of ether oxygens (including phenoxy) is 2. The summed E-state index contributed by atoms with van der Waals surface area (Å²) in [4.78, 5) is 62.0. The van der Waals surface area contributed by atoms with Gasteiger partial charge in [0.25, 0.3) is 5.91 Å². The third-order valence-corrected chi connectivity index (χ3v) is 13.3. The van der Waals surface area contributed by atoms with Gasteiger partial charge in [0.1, 0.15) is 35.3 Å². The van der Waals surface area contributed by atoms with E-state index in [2.05, 4.69) is 43.6 Å². The van der Waals surface area contributed by atoms with Crippen LogP contribution in [0.2, 0.25) is 5.02 Å². The maximum atomic E-state index is 13.5. The minimum absolute atomic E-state index is 0.0368. The molecule has 0 bridgehead atoms. The van der Waals surface area contributed by atoms with Gasteiger partial charge in [0.15, 0.2) is 11.6 Å². The van der Waals surface area contributed by atoms with Gasteiger partial charge in [-0.25, -0.2) is 4.98 Å². The minimum atomic E-state index is -0.489. The number of anilines is 1. The van der Waals surface area contributed by atoms with Crippen LogP contribution in [0.15, 0.2) is 54.7 Å². The predicted molar refractivity (Wildman–Crippen MR) is 222 cm³/mol. The molecule has 3 fully saturated rings. The summed E-state index contributed by atoms with van der Waals surface area (Å²) in [5.74, 6) is 2.16. The van der Waals surface area contributed by atoms with Crippen LogP contribution in [-0.2, 0) is 16.0 Å². The van der Waals surface area contributed by atoms with Crippen molar-refractivity contribution in [3.63, 3.8) is 0 Å². The highest BCUT2D eigenvalue weighted by atomic mass is 35.5. The summed E-state index contributed by atoms with van der Waals surface area (Å²) in [5, 5.41) is 9.58. The molecule has 2 aliphatic heterocycles. The molecule has 0 N–H and O–H groups in total. The van der Waals surface area contributed by atoms with Crippen molar-refractivity contribution in [2.24, 2.45) is 16.7 Å². The molecule has 2 saturated carbocycles. The first-order chi connectivity index (χ1) is 27.8. The van der Waals surface area contributed by atoms with Gasteiger partial charge in [-0.15, -0.1) is 0 Å². The number of nitrogens with zero attached hydrogens (tertiary/aromatic N) is 5. The fourth-order valence-corrected chi connectivity index (χ4v) is 10.1. The number of aromatic nitrogens is 1. The maximum Gasteiger partial charge on any atom is 0.254 e. The van der Waals surface area contributed by atoms with Crippen molar-refractivity contribution in [3.05, 3.63) is 82.0 Å². The SMILES string of the molecule is CC1(C)C(CC(=O)c2ccc(N3CCN(CCCCCOc4ccc5c(c4)CCN(C4CCC(=O)CC4=O)C5=O)CC3)nc2)C(C)(C)C1Oc1ccc(C#N)c(Cl)c1. The molecule has 1 atom stereocenters. The van der Waals surface area contributed by atoms with E-state index in [9.17, 15) is 24.4 Å². The number of carbonyl (C=O) groups excluding carboxylic acids is 4. The van der Waals surface area contributed by atoms with Gasteiger partial charge in [-0.2, -0.15) is 5.26 Å². The quantitative estimate of drug-likeness (QED) is 0.0924. The topological polar surface area (TPSA) is 133 Å². The van der Waals surface area contributed by atoms with Crippen molar-refractivity contribution in [2.45, 2.75) is 91.2 Å². The van der Waals surface area contributed by atoms with Gasteiger partial charge in [-0.05, 0) is 92.6 Å². The second-order valence-corrected chi connectivity index (χ2v) is 17.9. The number of pyridine rings is 1. The number of nitriles is 1. The predicted octanol–water partition coefficient (Wildman–Crippen LogP) is 7.37. The summed E-state index contributed by atoms with van der Waals surface area (Å²) < 4.78 is 12.5. The van der Waals surface area contributed by atoms with Crippen LogP contribution in [0.1, 0.15) is 104 Å². The standard InChI is InChI=1S/C46H54ClN5O6/c1-45(2)41(46(3,4)44(45)58-35-11-8-31(28-48)37(47)26-35)27-39(54)32-9-15-42(49-29-32)51-21-19-50(20-22-51)17-6-5-7-23-57-34-12-13-36-30(24-34)16-18-52(43(36)56)38-14-10-33(53)25-40(38)55/h8-9,11-13,15,24,26,29,38,41,44H,5-7,10,14,16-23,25,27H2,1-4H3. The molecular formula is C46H54ClN5O6. The molecular weight excluding hydrogens is 754 g/mol. The zero-order chi connectivity index (χ0) is 41.2. The molecule has 3 aromatic rings. The van der Waals surface area contributed by atoms with Crippen molar-refractivity contribution in [3.8, 4) is 17.6 Å². The van der Waals surface area contributed by atoms with Gasteiger partial charge < -0.3 is 19.3 Å². The van der Waals surface area contributed by atoms with E-state index < -0.39 is 6.04 Å². The van der Waals surface area contributed by atoms with E-state index in [1.54, 1.807) is 29.3 Å². The lowest BCUT2D eigenvalue weighted by Gasteiger charge is -2.63. The highest BCUT2D eigenvalue weighted by Crippen LogP contribution is 2.61. The van der Waals surface area contributed by atoms with E-state index in [-0.39, 0.29) is 52.5 Å². The Labute approximate surface area is 346 Å². The lowest BCUT2D eigenvalue weighted by atomic mass is 9.44. The maximum absolute atomic E-state index is 13.5. The number of hydrogen-bond acceptors (Lipinski definition) is 10. The van der Waals surface area contributed by atoms with Crippen molar-refractivity contribution < 1.29 is 28.7 Å². The molecule has 306 valence electrons. The molecule has 1 aromatic heterocycles. The Bertz CT molecular complexity index is 2070. The average Bonchev–Trinajstić information content (AvgIpc) is 3.21. The van der Waals surface area contributed by atoms with Crippen molar-refractivity contribution in [1.82, 2.24) is 14.8 Å². The third-order valence-electron chi connectivity index (χ3n) is 13.0. The van der Waals surface area contributed by atoms with Crippen LogP contribution in [0.25, 0.3) is 0 Å². The second-order valence-electron chi connectivity index (χ2n) is 17.5. The van der Waals surface area contributed by atoms with E-state index in [4.69, 9.17) is 26.1 Å². The normalized spacial score (nSPS) is 22.8. The summed E-state index contributed by atoms with van der Waals surface area (Å²) in [6.45, 7) is 14.4. The van der Waals surface area contributed by atoms with Crippen LogP contribution in [-0.4, -0.2) is 96.1 Å². The number of rotatable bonds is 14. The molecule has 11 nitrogen and oxygen atoms in total. The van der Waals surface area contributed by atoms with Gasteiger partial charge >= 0.3 is 0 Å². The molecule has 12 heteroatoms. The number of Topliss-reactive ketones (excluding diaryl/α,β-unsaturated/α-hetero) is 3. The fraction of sp³-hybridized carbons (Fsp3) is 0.522. The number of halogens is 1. The first-order valence-corrected chi connectivity index (χ1v) is 21.1. The molecule has 2 aromatic carbocycles. The first-order valence-electron chi connectivity index (χ1n) is 20.7. The third kappa shape index (κ3) is 8.64. The Hall–Kier alpha value is -4.79. The molecule has 0 spiro atoms. The summed E-state index contributed by atoms with van der Waals surface area (Å²) >= 11 is 6.25. The molecule has 3 heterocycles. The van der Waals surface area contributed by atoms with Crippen LogP contribution >= 0.6 is 11.6 Å². The summed E-state index contributed by atoms with van der Waals surface area (Å²) in [5.41, 5.74) is 2.11. The van der Waals surface area contributed by atoms with Gasteiger partial charge in [0.2, 0.25) is 0 Å². The molecule has 7 rings (SSSR count). The average molecular weight is 808 g/mol. The molecule has 2 aliphatic carbocycles. The number of benzene rings is 2. The van der Waals surface area contributed by atoms with E-state index in [1.165, 1.54) is 0 Å². The number of fused-ring (bicyclic) bond motifs is 1. The molecule has 4 aliphatic rings. The zero-order valence-corrected chi connectivity index (χ0v) is 34.9. The molecule has 1 saturated heterocycles.